The summed E-state index contributed by atoms with van der Waals surface area (Å²) >= 11 is 0. The summed E-state index contributed by atoms with van der Waals surface area (Å²) in [4.78, 5) is 25.9. The van der Waals surface area contributed by atoms with Crippen LogP contribution in [0.3, 0.4) is 0 Å². The fraction of sp³-hybridized carbons (Fsp3) is 0.474. The Kier molecular flexibility index (Phi) is 4.99. The van der Waals surface area contributed by atoms with Crippen LogP contribution in [0.2, 0.25) is 0 Å². The summed E-state index contributed by atoms with van der Waals surface area (Å²) in [6.07, 6.45) is 4.54. The second-order valence-corrected chi connectivity index (χ2v) is 7.15. The van der Waals surface area contributed by atoms with Crippen molar-refractivity contribution in [1.82, 2.24) is 15.1 Å². The molecule has 0 unspecified atom stereocenters. The zero-order valence-corrected chi connectivity index (χ0v) is 15.8. The highest BCUT2D eigenvalue weighted by Crippen LogP contribution is 2.32. The van der Waals surface area contributed by atoms with Crippen molar-refractivity contribution >= 4 is 17.3 Å². The summed E-state index contributed by atoms with van der Waals surface area (Å²) in [5.74, 6) is -0.307. The van der Waals surface area contributed by atoms with E-state index in [-0.39, 0.29) is 17.6 Å². The number of hydrogen-bond donors (Lipinski definition) is 1. The highest BCUT2D eigenvalue weighted by Gasteiger charge is 2.27. The number of hydrogen-bond acceptors (Lipinski definition) is 6. The van der Waals surface area contributed by atoms with Crippen LogP contribution in [-0.2, 0) is 18.2 Å². The molecule has 9 nitrogen and oxygen atoms in total. The number of fused-ring (bicyclic) bond motifs is 1. The van der Waals surface area contributed by atoms with Crippen LogP contribution in [0.25, 0.3) is 0 Å². The third-order valence-electron chi connectivity index (χ3n) is 5.47. The van der Waals surface area contributed by atoms with Gasteiger partial charge in [-0.3, -0.25) is 19.6 Å². The van der Waals surface area contributed by atoms with Crippen molar-refractivity contribution in [2.45, 2.75) is 25.3 Å². The van der Waals surface area contributed by atoms with Gasteiger partial charge in [-0.1, -0.05) is 0 Å². The number of carbonyl (C=O) groups excluding carboxylic acids is 1. The molecular weight excluding hydrogens is 362 g/mol. The number of nitro benzene ring substituents is 1. The molecule has 1 N–H and O–H groups in total. The van der Waals surface area contributed by atoms with Gasteiger partial charge in [0.1, 0.15) is 5.69 Å². The summed E-state index contributed by atoms with van der Waals surface area (Å²) in [7, 11) is 1.90. The van der Waals surface area contributed by atoms with E-state index in [4.69, 9.17) is 4.74 Å². The second-order valence-electron chi connectivity index (χ2n) is 7.15. The molecule has 1 saturated heterocycles. The van der Waals surface area contributed by atoms with Crippen molar-refractivity contribution in [3.63, 3.8) is 0 Å². The van der Waals surface area contributed by atoms with Crippen LogP contribution in [0.1, 0.15) is 40.5 Å². The van der Waals surface area contributed by atoms with Crippen LogP contribution in [0.5, 0.6) is 0 Å². The minimum absolute atomic E-state index is 0.0553. The molecule has 0 saturated carbocycles. The number of nitro groups is 1. The molecule has 1 aliphatic carbocycles. The molecule has 9 heteroatoms. The van der Waals surface area contributed by atoms with Gasteiger partial charge in [-0.25, -0.2) is 0 Å². The van der Waals surface area contributed by atoms with Gasteiger partial charge < -0.3 is 15.0 Å². The van der Waals surface area contributed by atoms with Crippen LogP contribution in [0.4, 0.5) is 11.4 Å². The third kappa shape index (κ3) is 3.45. The largest absolute Gasteiger partial charge is 0.378 e. The molecule has 1 aromatic carbocycles. The number of aryl methyl sites for hydroxylation is 1. The van der Waals surface area contributed by atoms with E-state index in [1.165, 1.54) is 6.07 Å². The number of nitrogens with zero attached hydrogens (tertiary/aromatic N) is 4. The van der Waals surface area contributed by atoms with Gasteiger partial charge in [0, 0.05) is 43.0 Å². The molecule has 1 aliphatic heterocycles. The highest BCUT2D eigenvalue weighted by molar-refractivity contribution is 5.96. The molecule has 148 valence electrons. The fourth-order valence-electron chi connectivity index (χ4n) is 3.98. The first kappa shape index (κ1) is 18.4. The summed E-state index contributed by atoms with van der Waals surface area (Å²) < 4.78 is 7.16. The Morgan fingerprint density at radius 3 is 2.89 bits per heavy atom. The van der Waals surface area contributed by atoms with Crippen molar-refractivity contribution in [3.05, 3.63) is 51.3 Å². The average Bonchev–Trinajstić information content (AvgIpc) is 3.10. The van der Waals surface area contributed by atoms with E-state index in [0.717, 1.165) is 30.5 Å². The third-order valence-corrected chi connectivity index (χ3v) is 5.47. The number of morpholine rings is 1. The zero-order chi connectivity index (χ0) is 19.7. The van der Waals surface area contributed by atoms with Gasteiger partial charge >= 0.3 is 0 Å². The van der Waals surface area contributed by atoms with Gasteiger partial charge in [0.15, 0.2) is 0 Å². The number of anilines is 1. The molecule has 0 spiro atoms. The quantitative estimate of drug-likeness (QED) is 0.638. The molecule has 2 heterocycles. The Labute approximate surface area is 162 Å². The van der Waals surface area contributed by atoms with Crippen molar-refractivity contribution in [2.75, 3.05) is 31.2 Å². The molecule has 1 fully saturated rings. The van der Waals surface area contributed by atoms with Crippen molar-refractivity contribution in [2.24, 2.45) is 7.05 Å². The number of amides is 1. The lowest BCUT2D eigenvalue weighted by Gasteiger charge is -2.28. The van der Waals surface area contributed by atoms with Crippen molar-refractivity contribution in [3.8, 4) is 0 Å². The van der Waals surface area contributed by atoms with Gasteiger partial charge in [-0.05, 0) is 31.4 Å². The van der Waals surface area contributed by atoms with Gasteiger partial charge in [0.2, 0.25) is 0 Å². The first-order chi connectivity index (χ1) is 13.5. The highest BCUT2D eigenvalue weighted by atomic mass is 16.6. The SMILES string of the molecule is Cn1ncc2c1CCC[C@@H]2NC(=O)c1ccc(N2CCOCC2)c([N+](=O)[O-])c1. The Morgan fingerprint density at radius 2 is 2.14 bits per heavy atom. The van der Waals surface area contributed by atoms with E-state index in [2.05, 4.69) is 10.4 Å². The van der Waals surface area contributed by atoms with E-state index in [0.29, 0.717) is 37.6 Å². The van der Waals surface area contributed by atoms with Gasteiger partial charge in [-0.15, -0.1) is 0 Å². The van der Waals surface area contributed by atoms with Crippen LogP contribution in [0.15, 0.2) is 24.4 Å². The Bertz CT molecular complexity index is 904. The Balaban J connectivity index is 1.56. The minimum atomic E-state index is -0.429. The molecule has 0 radical (unpaired) electrons. The fourth-order valence-corrected chi connectivity index (χ4v) is 3.98. The predicted octanol–water partition coefficient (Wildman–Crippen LogP) is 1.97. The summed E-state index contributed by atoms with van der Waals surface area (Å²) in [6, 6.07) is 4.56. The van der Waals surface area contributed by atoms with E-state index < -0.39 is 4.92 Å². The molecule has 1 aromatic heterocycles. The smallest absolute Gasteiger partial charge is 0.293 e. The van der Waals surface area contributed by atoms with Crippen LogP contribution >= 0.6 is 0 Å². The monoisotopic (exact) mass is 385 g/mol. The number of rotatable bonds is 4. The summed E-state index contributed by atoms with van der Waals surface area (Å²) in [5, 5.41) is 18.9. The van der Waals surface area contributed by atoms with Crippen molar-refractivity contribution in [1.29, 1.82) is 0 Å². The first-order valence-electron chi connectivity index (χ1n) is 9.47. The first-order valence-corrected chi connectivity index (χ1v) is 9.47. The number of ether oxygens (including phenoxy) is 1. The van der Waals surface area contributed by atoms with Crippen LogP contribution in [-0.4, -0.2) is 46.9 Å². The number of nitrogens with one attached hydrogen (secondary N) is 1. The summed E-state index contributed by atoms with van der Waals surface area (Å²) in [6.45, 7) is 2.26. The lowest BCUT2D eigenvalue weighted by Crippen LogP contribution is -2.36. The Hall–Kier alpha value is -2.94. The summed E-state index contributed by atoms with van der Waals surface area (Å²) in [5.41, 5.74) is 2.92. The molecule has 2 aromatic rings. The van der Waals surface area contributed by atoms with Gasteiger partial charge in [0.05, 0.1) is 30.4 Å². The number of aromatic nitrogens is 2. The molecule has 1 amide bonds. The number of benzene rings is 1. The minimum Gasteiger partial charge on any atom is -0.378 e. The molecule has 28 heavy (non-hydrogen) atoms. The van der Waals surface area contributed by atoms with E-state index in [1.54, 1.807) is 18.3 Å². The van der Waals surface area contributed by atoms with Crippen LogP contribution in [0, 0.1) is 10.1 Å². The number of carbonyl (C=O) groups is 1. The molecular formula is C19H23N5O4. The zero-order valence-electron chi connectivity index (χ0n) is 15.8. The lowest BCUT2D eigenvalue weighted by molar-refractivity contribution is -0.384. The maximum Gasteiger partial charge on any atom is 0.293 e. The van der Waals surface area contributed by atoms with E-state index in [9.17, 15) is 14.9 Å². The van der Waals surface area contributed by atoms with Gasteiger partial charge in [-0.2, -0.15) is 5.10 Å². The topological polar surface area (TPSA) is 103 Å². The molecule has 4 rings (SSSR count). The second kappa shape index (κ2) is 7.59. The molecule has 0 bridgehead atoms. The molecule has 1 atom stereocenters. The Morgan fingerprint density at radius 1 is 1.36 bits per heavy atom. The van der Waals surface area contributed by atoms with Crippen LogP contribution < -0.4 is 10.2 Å². The maximum absolute atomic E-state index is 12.8. The maximum atomic E-state index is 12.8. The normalized spacial score (nSPS) is 19.2. The standard InChI is InChI=1S/C19H23N5O4/c1-22-16-4-2-3-15(14(16)12-20-22)21-19(25)13-5-6-17(18(11-13)24(26)27)23-7-9-28-10-8-23/h5-6,11-12,15H,2-4,7-10H2,1H3,(H,21,25)/t15-/m0/s1. The predicted molar refractivity (Wildman–Crippen MR) is 102 cm³/mol. The van der Waals surface area contributed by atoms with Gasteiger partial charge in [0.25, 0.3) is 11.6 Å². The van der Waals surface area contributed by atoms with E-state index >= 15 is 0 Å². The lowest BCUT2D eigenvalue weighted by atomic mass is 9.92. The van der Waals surface area contributed by atoms with Crippen molar-refractivity contribution < 1.29 is 14.5 Å². The molecule has 2 aliphatic rings. The average molecular weight is 385 g/mol. The van der Waals surface area contributed by atoms with E-state index in [1.807, 2.05) is 16.6 Å².